The summed E-state index contributed by atoms with van der Waals surface area (Å²) in [5.74, 6) is 1.03. The summed E-state index contributed by atoms with van der Waals surface area (Å²) in [5.41, 5.74) is 1.08. The molecule has 0 spiro atoms. The molecular weight excluding hydrogens is 180 g/mol. The highest BCUT2D eigenvalue weighted by atomic mass is 32.2. The number of carbonyl (C=O) groups excluding carboxylic acids is 1. The van der Waals surface area contributed by atoms with E-state index in [1.807, 2.05) is 0 Å². The first-order valence-electron chi connectivity index (χ1n) is 5.04. The maximum absolute atomic E-state index is 11.6. The van der Waals surface area contributed by atoms with Gasteiger partial charge in [0.15, 0.2) is 5.78 Å². The Labute approximate surface area is 85.0 Å². The maximum Gasteiger partial charge on any atom is 0.168 e. The van der Waals surface area contributed by atoms with Crippen molar-refractivity contribution in [2.24, 2.45) is 0 Å². The van der Waals surface area contributed by atoms with Crippen molar-refractivity contribution in [2.45, 2.75) is 44.8 Å². The van der Waals surface area contributed by atoms with Gasteiger partial charge in [-0.25, -0.2) is 0 Å². The predicted molar refractivity (Wildman–Crippen MR) is 59.2 cm³/mol. The molecule has 13 heavy (non-hydrogen) atoms. The molecule has 0 bridgehead atoms. The van der Waals surface area contributed by atoms with Crippen molar-refractivity contribution < 1.29 is 4.79 Å². The molecule has 0 aliphatic heterocycles. The van der Waals surface area contributed by atoms with Crippen LogP contribution in [-0.2, 0) is 4.79 Å². The molecule has 0 saturated heterocycles. The van der Waals surface area contributed by atoms with Crippen LogP contribution in [0.15, 0.2) is 11.6 Å². The number of thioether (sulfide) groups is 1. The smallest absolute Gasteiger partial charge is 0.168 e. The van der Waals surface area contributed by atoms with Crippen molar-refractivity contribution in [3.05, 3.63) is 11.6 Å². The molecule has 0 heterocycles. The molecule has 1 nitrogen and oxygen atoms in total. The van der Waals surface area contributed by atoms with Crippen molar-refractivity contribution in [1.29, 1.82) is 0 Å². The van der Waals surface area contributed by atoms with Crippen LogP contribution in [0.4, 0.5) is 0 Å². The first kappa shape index (κ1) is 10.8. The largest absolute Gasteiger partial charge is 0.294 e. The lowest BCUT2D eigenvalue weighted by atomic mass is 9.97. The standard InChI is InChI=1S/C11H18OS/c1-9(2)13-8-11(12)10-6-4-3-5-7-10/h6,9H,3-5,7-8H2,1-2H3. The molecule has 1 rings (SSSR count). The molecule has 0 fully saturated rings. The quantitative estimate of drug-likeness (QED) is 0.690. The lowest BCUT2D eigenvalue weighted by Crippen LogP contribution is -2.09. The summed E-state index contributed by atoms with van der Waals surface area (Å²) in [6.07, 6.45) is 6.70. The van der Waals surface area contributed by atoms with E-state index in [1.54, 1.807) is 11.8 Å². The second-order valence-corrected chi connectivity index (χ2v) is 5.32. The van der Waals surface area contributed by atoms with Gasteiger partial charge in [0.25, 0.3) is 0 Å². The van der Waals surface area contributed by atoms with E-state index in [0.29, 0.717) is 16.8 Å². The van der Waals surface area contributed by atoms with Gasteiger partial charge in [0.2, 0.25) is 0 Å². The zero-order valence-corrected chi connectivity index (χ0v) is 9.32. The molecule has 0 radical (unpaired) electrons. The monoisotopic (exact) mass is 198 g/mol. The van der Waals surface area contributed by atoms with Crippen LogP contribution in [0.3, 0.4) is 0 Å². The summed E-state index contributed by atoms with van der Waals surface area (Å²) in [7, 11) is 0. The van der Waals surface area contributed by atoms with Crippen molar-refractivity contribution >= 4 is 17.5 Å². The van der Waals surface area contributed by atoms with E-state index in [1.165, 1.54) is 12.8 Å². The third-order valence-corrected chi connectivity index (χ3v) is 3.29. The van der Waals surface area contributed by atoms with Crippen LogP contribution in [-0.4, -0.2) is 16.8 Å². The van der Waals surface area contributed by atoms with Crippen molar-refractivity contribution in [3.8, 4) is 0 Å². The van der Waals surface area contributed by atoms with Gasteiger partial charge >= 0.3 is 0 Å². The Morgan fingerprint density at radius 1 is 1.54 bits per heavy atom. The van der Waals surface area contributed by atoms with Gasteiger partial charge in [-0.15, -0.1) is 0 Å². The Kier molecular flexibility index (Phi) is 4.57. The van der Waals surface area contributed by atoms with E-state index in [4.69, 9.17) is 0 Å². The van der Waals surface area contributed by atoms with Crippen LogP contribution < -0.4 is 0 Å². The number of Topliss-reactive ketones (excluding diaryl/α,β-unsaturated/α-hetero) is 1. The molecule has 0 saturated carbocycles. The topological polar surface area (TPSA) is 17.1 Å². The van der Waals surface area contributed by atoms with Crippen LogP contribution in [0, 0.1) is 0 Å². The Morgan fingerprint density at radius 3 is 2.85 bits per heavy atom. The zero-order chi connectivity index (χ0) is 9.68. The molecule has 0 aromatic rings. The second kappa shape index (κ2) is 5.48. The van der Waals surface area contributed by atoms with Crippen molar-refractivity contribution in [1.82, 2.24) is 0 Å². The third kappa shape index (κ3) is 3.99. The highest BCUT2D eigenvalue weighted by Gasteiger charge is 2.12. The van der Waals surface area contributed by atoms with Gasteiger partial charge < -0.3 is 0 Å². The summed E-state index contributed by atoms with van der Waals surface area (Å²) < 4.78 is 0. The molecule has 74 valence electrons. The lowest BCUT2D eigenvalue weighted by Gasteiger charge is -2.11. The van der Waals surface area contributed by atoms with Crippen molar-refractivity contribution in [2.75, 3.05) is 5.75 Å². The number of rotatable bonds is 4. The fraction of sp³-hybridized carbons (Fsp3) is 0.727. The van der Waals surface area contributed by atoms with Crippen LogP contribution in [0.5, 0.6) is 0 Å². The number of carbonyl (C=O) groups is 1. The molecule has 0 amide bonds. The molecule has 0 aromatic carbocycles. The van der Waals surface area contributed by atoms with Gasteiger partial charge in [0.05, 0.1) is 5.75 Å². The van der Waals surface area contributed by atoms with E-state index >= 15 is 0 Å². The summed E-state index contributed by atoms with van der Waals surface area (Å²) >= 11 is 1.74. The van der Waals surface area contributed by atoms with Crippen LogP contribution in [0.1, 0.15) is 39.5 Å². The fourth-order valence-electron chi connectivity index (χ4n) is 1.43. The summed E-state index contributed by atoms with van der Waals surface area (Å²) in [5, 5.41) is 0.563. The van der Waals surface area contributed by atoms with Gasteiger partial charge in [-0.2, -0.15) is 11.8 Å². The molecule has 1 aliphatic rings. The van der Waals surface area contributed by atoms with E-state index in [2.05, 4.69) is 19.9 Å². The normalized spacial score (nSPS) is 17.3. The average Bonchev–Trinajstić information content (AvgIpc) is 2.15. The highest BCUT2D eigenvalue weighted by molar-refractivity contribution is 8.00. The summed E-state index contributed by atoms with van der Waals surface area (Å²) in [6.45, 7) is 4.26. The summed E-state index contributed by atoms with van der Waals surface area (Å²) in [4.78, 5) is 11.6. The molecule has 0 aromatic heterocycles. The van der Waals surface area contributed by atoms with Gasteiger partial charge in [0, 0.05) is 0 Å². The minimum absolute atomic E-state index is 0.360. The molecule has 1 aliphatic carbocycles. The van der Waals surface area contributed by atoms with E-state index < -0.39 is 0 Å². The maximum atomic E-state index is 11.6. The van der Waals surface area contributed by atoms with Crippen LogP contribution in [0.25, 0.3) is 0 Å². The van der Waals surface area contributed by atoms with E-state index in [9.17, 15) is 4.79 Å². The summed E-state index contributed by atoms with van der Waals surface area (Å²) in [6, 6.07) is 0. The fourth-order valence-corrected chi connectivity index (χ4v) is 2.10. The lowest BCUT2D eigenvalue weighted by molar-refractivity contribution is -0.113. The number of hydrogen-bond donors (Lipinski definition) is 0. The van der Waals surface area contributed by atoms with Crippen LogP contribution in [0.2, 0.25) is 0 Å². The Bertz CT molecular complexity index is 206. The molecule has 0 atom stereocenters. The van der Waals surface area contributed by atoms with Gasteiger partial charge in [-0.3, -0.25) is 4.79 Å². The van der Waals surface area contributed by atoms with Gasteiger partial charge in [0.1, 0.15) is 0 Å². The highest BCUT2D eigenvalue weighted by Crippen LogP contribution is 2.20. The second-order valence-electron chi connectivity index (χ2n) is 3.76. The third-order valence-electron chi connectivity index (χ3n) is 2.20. The van der Waals surface area contributed by atoms with Gasteiger partial charge in [-0.1, -0.05) is 19.9 Å². The SMILES string of the molecule is CC(C)SCC(=O)C1=CCCCC1. The van der Waals surface area contributed by atoms with Crippen LogP contribution >= 0.6 is 11.8 Å². The number of hydrogen-bond acceptors (Lipinski definition) is 2. The number of ketones is 1. The van der Waals surface area contributed by atoms with E-state index in [-0.39, 0.29) is 0 Å². The van der Waals surface area contributed by atoms with Crippen molar-refractivity contribution in [3.63, 3.8) is 0 Å². The number of allylic oxidation sites excluding steroid dienone is 2. The first-order valence-corrected chi connectivity index (χ1v) is 6.09. The Morgan fingerprint density at radius 2 is 2.31 bits per heavy atom. The predicted octanol–water partition coefficient (Wildman–Crippen LogP) is 3.20. The minimum Gasteiger partial charge on any atom is -0.294 e. The first-order chi connectivity index (χ1) is 6.20. The van der Waals surface area contributed by atoms with Gasteiger partial charge in [-0.05, 0) is 36.5 Å². The average molecular weight is 198 g/mol. The van der Waals surface area contributed by atoms with E-state index in [0.717, 1.165) is 18.4 Å². The minimum atomic E-state index is 0.360. The Balaban J connectivity index is 2.34. The molecule has 0 N–H and O–H groups in total. The zero-order valence-electron chi connectivity index (χ0n) is 8.51. The molecule has 0 unspecified atom stereocenters. The Hall–Kier alpha value is -0.240. The molecular formula is C11H18OS. The molecule has 2 heteroatoms.